The third-order valence-electron chi connectivity index (χ3n) is 2.50. The molecule has 0 spiro atoms. The number of amides is 1. The Morgan fingerprint density at radius 3 is 2.83 bits per heavy atom. The number of halogens is 1. The normalized spacial score (nSPS) is 10.1. The lowest BCUT2D eigenvalue weighted by Crippen LogP contribution is -2.14. The van der Waals surface area contributed by atoms with Crippen LogP contribution in [0.15, 0.2) is 41.0 Å². The quantitative estimate of drug-likeness (QED) is 0.838. The van der Waals surface area contributed by atoms with Gasteiger partial charge in [0.05, 0.1) is 0 Å². The Kier molecular flexibility index (Phi) is 3.62. The minimum absolute atomic E-state index is 0.226. The molecule has 0 unspecified atom stereocenters. The van der Waals surface area contributed by atoms with Gasteiger partial charge in [0.1, 0.15) is 5.82 Å². The molecule has 0 radical (unpaired) electrons. The molecule has 92 valence electrons. The van der Waals surface area contributed by atoms with E-state index in [-0.39, 0.29) is 5.91 Å². The molecule has 0 saturated heterocycles. The molecular formula is C13H12BrN3O. The topological polar surface area (TPSA) is 68.0 Å². The van der Waals surface area contributed by atoms with Crippen molar-refractivity contribution in [3.63, 3.8) is 0 Å². The SMILES string of the molecule is Cc1cccnc1NC(=O)c1ccc(Br)c(N)c1. The number of aromatic nitrogens is 1. The summed E-state index contributed by atoms with van der Waals surface area (Å²) in [5, 5.41) is 2.75. The first kappa shape index (κ1) is 12.6. The van der Waals surface area contributed by atoms with E-state index in [1.807, 2.05) is 19.1 Å². The number of carbonyl (C=O) groups excluding carboxylic acids is 1. The maximum absolute atomic E-state index is 12.0. The second-order valence-electron chi connectivity index (χ2n) is 3.86. The third-order valence-corrected chi connectivity index (χ3v) is 3.22. The lowest BCUT2D eigenvalue weighted by Gasteiger charge is -2.07. The lowest BCUT2D eigenvalue weighted by atomic mass is 10.2. The van der Waals surface area contributed by atoms with Crippen molar-refractivity contribution in [2.45, 2.75) is 6.92 Å². The van der Waals surface area contributed by atoms with Crippen molar-refractivity contribution in [3.05, 3.63) is 52.1 Å². The zero-order chi connectivity index (χ0) is 13.1. The van der Waals surface area contributed by atoms with Crippen molar-refractivity contribution in [1.29, 1.82) is 0 Å². The summed E-state index contributed by atoms with van der Waals surface area (Å²) in [5.74, 6) is 0.333. The number of nitrogens with zero attached hydrogens (tertiary/aromatic N) is 1. The number of nitrogen functional groups attached to an aromatic ring is 1. The van der Waals surface area contributed by atoms with Crippen molar-refractivity contribution in [2.75, 3.05) is 11.1 Å². The van der Waals surface area contributed by atoms with Crippen molar-refractivity contribution in [2.24, 2.45) is 0 Å². The molecule has 0 aliphatic heterocycles. The van der Waals surface area contributed by atoms with Crippen LogP contribution in [0.4, 0.5) is 11.5 Å². The molecule has 0 bridgehead atoms. The van der Waals surface area contributed by atoms with E-state index in [2.05, 4.69) is 26.2 Å². The highest BCUT2D eigenvalue weighted by atomic mass is 79.9. The number of nitrogens with one attached hydrogen (secondary N) is 1. The zero-order valence-corrected chi connectivity index (χ0v) is 11.4. The van der Waals surface area contributed by atoms with E-state index in [1.54, 1.807) is 24.4 Å². The maximum atomic E-state index is 12.0. The van der Waals surface area contributed by atoms with Gasteiger partial charge in [-0.15, -0.1) is 0 Å². The Hall–Kier alpha value is -1.88. The van der Waals surface area contributed by atoms with Crippen LogP contribution in [0.1, 0.15) is 15.9 Å². The van der Waals surface area contributed by atoms with Gasteiger partial charge in [-0.2, -0.15) is 0 Å². The number of hydrogen-bond acceptors (Lipinski definition) is 3. The Morgan fingerprint density at radius 2 is 2.17 bits per heavy atom. The van der Waals surface area contributed by atoms with Gasteiger partial charge in [-0.1, -0.05) is 6.07 Å². The van der Waals surface area contributed by atoms with Crippen LogP contribution in [0.3, 0.4) is 0 Å². The van der Waals surface area contributed by atoms with Gasteiger partial charge in [0.15, 0.2) is 0 Å². The number of benzene rings is 1. The highest BCUT2D eigenvalue weighted by Gasteiger charge is 2.09. The minimum atomic E-state index is -0.226. The fraction of sp³-hybridized carbons (Fsp3) is 0.0769. The summed E-state index contributed by atoms with van der Waals surface area (Å²) in [6, 6.07) is 8.78. The third kappa shape index (κ3) is 2.68. The van der Waals surface area contributed by atoms with E-state index < -0.39 is 0 Å². The summed E-state index contributed by atoms with van der Waals surface area (Å²) in [6.45, 7) is 1.89. The van der Waals surface area contributed by atoms with Gasteiger partial charge >= 0.3 is 0 Å². The first-order valence-corrected chi connectivity index (χ1v) is 6.15. The van der Waals surface area contributed by atoms with E-state index in [0.29, 0.717) is 17.1 Å². The molecule has 1 aromatic carbocycles. The Balaban J connectivity index is 2.22. The first-order valence-electron chi connectivity index (χ1n) is 5.36. The van der Waals surface area contributed by atoms with E-state index in [1.165, 1.54) is 0 Å². The number of nitrogens with two attached hydrogens (primary N) is 1. The Bertz CT molecular complexity index is 599. The van der Waals surface area contributed by atoms with Gasteiger partial charge in [-0.05, 0) is 52.7 Å². The second kappa shape index (κ2) is 5.18. The fourth-order valence-corrected chi connectivity index (χ4v) is 1.73. The molecular weight excluding hydrogens is 294 g/mol. The monoisotopic (exact) mass is 305 g/mol. The largest absolute Gasteiger partial charge is 0.398 e. The summed E-state index contributed by atoms with van der Waals surface area (Å²) in [7, 11) is 0. The Morgan fingerprint density at radius 1 is 1.39 bits per heavy atom. The van der Waals surface area contributed by atoms with Crippen LogP contribution in [0.25, 0.3) is 0 Å². The van der Waals surface area contributed by atoms with Crippen LogP contribution in [-0.2, 0) is 0 Å². The summed E-state index contributed by atoms with van der Waals surface area (Å²) >= 11 is 3.29. The predicted octanol–water partition coefficient (Wildman–Crippen LogP) is 2.99. The molecule has 5 heteroatoms. The van der Waals surface area contributed by atoms with Gasteiger partial charge in [-0.3, -0.25) is 4.79 Å². The molecule has 2 rings (SSSR count). The molecule has 1 heterocycles. The van der Waals surface area contributed by atoms with Crippen LogP contribution in [-0.4, -0.2) is 10.9 Å². The van der Waals surface area contributed by atoms with E-state index in [9.17, 15) is 4.79 Å². The molecule has 0 aliphatic carbocycles. The average molecular weight is 306 g/mol. The molecule has 2 aromatic rings. The smallest absolute Gasteiger partial charge is 0.256 e. The predicted molar refractivity (Wildman–Crippen MR) is 75.5 cm³/mol. The molecule has 1 amide bonds. The minimum Gasteiger partial charge on any atom is -0.398 e. The Labute approximate surface area is 113 Å². The van der Waals surface area contributed by atoms with Gasteiger partial charge < -0.3 is 11.1 Å². The van der Waals surface area contributed by atoms with Crippen LogP contribution >= 0.6 is 15.9 Å². The molecule has 0 fully saturated rings. The number of aryl methyl sites for hydroxylation is 1. The zero-order valence-electron chi connectivity index (χ0n) is 9.77. The number of pyridine rings is 1. The van der Waals surface area contributed by atoms with Crippen molar-refractivity contribution < 1.29 is 4.79 Å². The van der Waals surface area contributed by atoms with Gasteiger partial charge in [0.2, 0.25) is 0 Å². The number of anilines is 2. The highest BCUT2D eigenvalue weighted by molar-refractivity contribution is 9.10. The van der Waals surface area contributed by atoms with E-state index >= 15 is 0 Å². The first-order chi connectivity index (χ1) is 8.58. The standard InChI is InChI=1S/C13H12BrN3O/c1-8-3-2-6-16-12(8)17-13(18)9-4-5-10(14)11(15)7-9/h2-7H,15H2,1H3,(H,16,17,18). The molecule has 0 aliphatic rings. The van der Waals surface area contributed by atoms with Crippen molar-refractivity contribution in [1.82, 2.24) is 4.98 Å². The number of hydrogen-bond donors (Lipinski definition) is 2. The number of carbonyl (C=O) groups is 1. The average Bonchev–Trinajstić information content (AvgIpc) is 2.35. The molecule has 0 atom stereocenters. The molecule has 0 saturated carbocycles. The van der Waals surface area contributed by atoms with Crippen molar-refractivity contribution >= 4 is 33.3 Å². The van der Waals surface area contributed by atoms with Crippen molar-refractivity contribution in [3.8, 4) is 0 Å². The van der Waals surface area contributed by atoms with Gasteiger partial charge in [0, 0.05) is 21.9 Å². The van der Waals surface area contributed by atoms with Crippen LogP contribution in [0.5, 0.6) is 0 Å². The van der Waals surface area contributed by atoms with Crippen LogP contribution in [0.2, 0.25) is 0 Å². The lowest BCUT2D eigenvalue weighted by molar-refractivity contribution is 0.102. The van der Waals surface area contributed by atoms with E-state index in [0.717, 1.165) is 10.0 Å². The number of rotatable bonds is 2. The van der Waals surface area contributed by atoms with Gasteiger partial charge in [0.25, 0.3) is 5.91 Å². The summed E-state index contributed by atoms with van der Waals surface area (Å²) in [4.78, 5) is 16.1. The summed E-state index contributed by atoms with van der Waals surface area (Å²) < 4.78 is 0.771. The molecule has 4 nitrogen and oxygen atoms in total. The maximum Gasteiger partial charge on any atom is 0.256 e. The van der Waals surface area contributed by atoms with Crippen LogP contribution in [0, 0.1) is 6.92 Å². The van der Waals surface area contributed by atoms with E-state index in [4.69, 9.17) is 5.73 Å². The molecule has 3 N–H and O–H groups in total. The second-order valence-corrected chi connectivity index (χ2v) is 4.71. The molecule has 18 heavy (non-hydrogen) atoms. The summed E-state index contributed by atoms with van der Waals surface area (Å²) in [5.41, 5.74) is 7.68. The fourth-order valence-electron chi connectivity index (χ4n) is 1.48. The van der Waals surface area contributed by atoms with Crippen LogP contribution < -0.4 is 11.1 Å². The molecule has 1 aromatic heterocycles. The highest BCUT2D eigenvalue weighted by Crippen LogP contribution is 2.21. The summed E-state index contributed by atoms with van der Waals surface area (Å²) in [6.07, 6.45) is 1.64. The van der Waals surface area contributed by atoms with Gasteiger partial charge in [-0.25, -0.2) is 4.98 Å².